The molecule has 0 aliphatic rings. The van der Waals surface area contributed by atoms with E-state index in [1.165, 1.54) is 10.5 Å². The van der Waals surface area contributed by atoms with E-state index in [1.807, 2.05) is 10.9 Å². The topological polar surface area (TPSA) is 43.8 Å². The van der Waals surface area contributed by atoms with Crippen LogP contribution in [0.4, 0.5) is 0 Å². The summed E-state index contributed by atoms with van der Waals surface area (Å²) in [4.78, 5) is 1.27. The van der Waals surface area contributed by atoms with Gasteiger partial charge in [0.05, 0.1) is 5.69 Å². The molecule has 0 spiro atoms. The van der Waals surface area contributed by atoms with E-state index in [2.05, 4.69) is 55.5 Å². The van der Waals surface area contributed by atoms with Crippen LogP contribution in [0.5, 0.6) is 0 Å². The Balaban J connectivity index is 2.03. The van der Waals surface area contributed by atoms with Crippen molar-refractivity contribution < 1.29 is 0 Å². The average molecular weight is 289 g/mol. The molecule has 0 saturated heterocycles. The lowest BCUT2D eigenvalue weighted by atomic mass is 10.0. The van der Waals surface area contributed by atoms with Crippen molar-refractivity contribution in [3.63, 3.8) is 0 Å². The minimum absolute atomic E-state index is 0.00573. The normalized spacial score (nSPS) is 14.2. The molecule has 0 bridgehead atoms. The van der Waals surface area contributed by atoms with Gasteiger partial charge in [-0.2, -0.15) is 5.10 Å². The summed E-state index contributed by atoms with van der Waals surface area (Å²) in [5.41, 5.74) is 8.51. The number of hydrogen-bond donors (Lipinski definition) is 1. The van der Waals surface area contributed by atoms with E-state index in [1.54, 1.807) is 11.8 Å². The molecule has 108 valence electrons. The standard InChI is InChI=1S/C16H23N3S/c1-4-12(2)19-10-9-14(18-19)11-16(17)13-5-7-15(20-3)8-6-13/h5-10,12,16H,4,11,17H2,1-3H3. The Morgan fingerprint density at radius 2 is 1.95 bits per heavy atom. The van der Waals surface area contributed by atoms with Gasteiger partial charge in [-0.05, 0) is 43.4 Å². The highest BCUT2D eigenvalue weighted by molar-refractivity contribution is 7.98. The number of aromatic nitrogens is 2. The maximum Gasteiger partial charge on any atom is 0.0643 e. The van der Waals surface area contributed by atoms with Crippen LogP contribution in [0.3, 0.4) is 0 Å². The smallest absolute Gasteiger partial charge is 0.0643 e. The van der Waals surface area contributed by atoms with Crippen molar-refractivity contribution in [3.8, 4) is 0 Å². The summed E-state index contributed by atoms with van der Waals surface area (Å²) in [7, 11) is 0. The third kappa shape index (κ3) is 3.64. The van der Waals surface area contributed by atoms with E-state index >= 15 is 0 Å². The number of thioether (sulfide) groups is 1. The summed E-state index contributed by atoms with van der Waals surface area (Å²) in [5.74, 6) is 0. The molecule has 2 aromatic rings. The quantitative estimate of drug-likeness (QED) is 0.822. The molecule has 1 aromatic heterocycles. The molecular formula is C16H23N3S. The molecule has 0 radical (unpaired) electrons. The maximum atomic E-state index is 6.28. The van der Waals surface area contributed by atoms with E-state index in [0.29, 0.717) is 6.04 Å². The van der Waals surface area contributed by atoms with E-state index in [9.17, 15) is 0 Å². The van der Waals surface area contributed by atoms with Gasteiger partial charge in [0, 0.05) is 29.6 Å². The highest BCUT2D eigenvalue weighted by Crippen LogP contribution is 2.20. The lowest BCUT2D eigenvalue weighted by Crippen LogP contribution is -2.14. The molecule has 3 nitrogen and oxygen atoms in total. The molecule has 4 heteroatoms. The van der Waals surface area contributed by atoms with Gasteiger partial charge in [0.25, 0.3) is 0 Å². The zero-order valence-electron chi connectivity index (χ0n) is 12.4. The zero-order chi connectivity index (χ0) is 14.5. The lowest BCUT2D eigenvalue weighted by molar-refractivity contribution is 0.472. The highest BCUT2D eigenvalue weighted by atomic mass is 32.2. The summed E-state index contributed by atoms with van der Waals surface area (Å²) in [6.45, 7) is 4.35. The first-order valence-electron chi connectivity index (χ1n) is 7.07. The van der Waals surface area contributed by atoms with Crippen LogP contribution < -0.4 is 5.73 Å². The van der Waals surface area contributed by atoms with Gasteiger partial charge >= 0.3 is 0 Å². The van der Waals surface area contributed by atoms with Crippen molar-refractivity contribution in [2.24, 2.45) is 5.73 Å². The van der Waals surface area contributed by atoms with Crippen LogP contribution >= 0.6 is 11.8 Å². The van der Waals surface area contributed by atoms with Crippen molar-refractivity contribution in [1.82, 2.24) is 9.78 Å². The molecule has 0 aliphatic carbocycles. The largest absolute Gasteiger partial charge is 0.324 e. The first-order valence-corrected chi connectivity index (χ1v) is 8.30. The summed E-state index contributed by atoms with van der Waals surface area (Å²) in [5, 5.41) is 4.61. The van der Waals surface area contributed by atoms with Gasteiger partial charge in [-0.1, -0.05) is 19.1 Å². The fourth-order valence-corrected chi connectivity index (χ4v) is 2.52. The van der Waals surface area contributed by atoms with Crippen LogP contribution in [0.15, 0.2) is 41.4 Å². The van der Waals surface area contributed by atoms with Gasteiger partial charge in [-0.25, -0.2) is 0 Å². The van der Waals surface area contributed by atoms with Crippen LogP contribution in [0.1, 0.15) is 43.6 Å². The first-order chi connectivity index (χ1) is 9.63. The number of benzene rings is 1. The predicted octanol–water partition coefficient (Wildman–Crippen LogP) is 3.82. The van der Waals surface area contributed by atoms with E-state index in [0.717, 1.165) is 18.5 Å². The molecule has 2 N–H and O–H groups in total. The van der Waals surface area contributed by atoms with Gasteiger partial charge in [0.1, 0.15) is 0 Å². The van der Waals surface area contributed by atoms with Crippen LogP contribution in [0, 0.1) is 0 Å². The lowest BCUT2D eigenvalue weighted by Gasteiger charge is -2.12. The van der Waals surface area contributed by atoms with E-state index in [-0.39, 0.29) is 6.04 Å². The Labute approximate surface area is 125 Å². The number of hydrogen-bond acceptors (Lipinski definition) is 3. The molecule has 0 saturated carbocycles. The first kappa shape index (κ1) is 15.1. The van der Waals surface area contributed by atoms with Gasteiger partial charge in [-0.15, -0.1) is 11.8 Å². The molecule has 20 heavy (non-hydrogen) atoms. The van der Waals surface area contributed by atoms with E-state index < -0.39 is 0 Å². The van der Waals surface area contributed by atoms with Crippen LogP contribution in [0.2, 0.25) is 0 Å². The van der Waals surface area contributed by atoms with Crippen molar-refractivity contribution in [2.75, 3.05) is 6.26 Å². The average Bonchev–Trinajstić information content (AvgIpc) is 2.95. The van der Waals surface area contributed by atoms with Gasteiger partial charge in [0.15, 0.2) is 0 Å². The second kappa shape index (κ2) is 6.95. The van der Waals surface area contributed by atoms with Gasteiger partial charge < -0.3 is 5.73 Å². The monoisotopic (exact) mass is 289 g/mol. The maximum absolute atomic E-state index is 6.28. The minimum Gasteiger partial charge on any atom is -0.324 e. The SMILES string of the molecule is CCC(C)n1ccc(CC(N)c2ccc(SC)cc2)n1. The Morgan fingerprint density at radius 1 is 1.25 bits per heavy atom. The second-order valence-electron chi connectivity index (χ2n) is 5.13. The summed E-state index contributed by atoms with van der Waals surface area (Å²) >= 11 is 1.75. The minimum atomic E-state index is 0.00573. The highest BCUT2D eigenvalue weighted by Gasteiger charge is 2.10. The Kier molecular flexibility index (Phi) is 5.26. The Bertz CT molecular complexity index is 533. The van der Waals surface area contributed by atoms with E-state index in [4.69, 9.17) is 5.73 Å². The second-order valence-corrected chi connectivity index (χ2v) is 6.01. The fraction of sp³-hybridized carbons (Fsp3) is 0.438. The molecule has 2 rings (SSSR count). The molecule has 1 aromatic carbocycles. The molecule has 0 amide bonds. The van der Waals surface area contributed by atoms with Crippen molar-refractivity contribution >= 4 is 11.8 Å². The van der Waals surface area contributed by atoms with Crippen LogP contribution in [-0.4, -0.2) is 16.0 Å². The third-order valence-electron chi connectivity index (χ3n) is 3.68. The van der Waals surface area contributed by atoms with Crippen LogP contribution in [0.25, 0.3) is 0 Å². The summed E-state index contributed by atoms with van der Waals surface area (Å²) < 4.78 is 2.03. The Hall–Kier alpha value is -1.26. The number of nitrogens with two attached hydrogens (primary N) is 1. The molecule has 0 aliphatic heterocycles. The third-order valence-corrected chi connectivity index (χ3v) is 4.42. The van der Waals surface area contributed by atoms with Crippen LogP contribution in [-0.2, 0) is 6.42 Å². The van der Waals surface area contributed by atoms with Gasteiger partial charge in [0.2, 0.25) is 0 Å². The Morgan fingerprint density at radius 3 is 2.55 bits per heavy atom. The van der Waals surface area contributed by atoms with Gasteiger partial charge in [-0.3, -0.25) is 4.68 Å². The molecule has 2 unspecified atom stereocenters. The molecule has 0 fully saturated rings. The molecule has 1 heterocycles. The van der Waals surface area contributed by atoms with Crippen molar-refractivity contribution in [1.29, 1.82) is 0 Å². The molecule has 2 atom stereocenters. The van der Waals surface area contributed by atoms with Crippen molar-refractivity contribution in [3.05, 3.63) is 47.8 Å². The molecular weight excluding hydrogens is 266 g/mol. The summed E-state index contributed by atoms with van der Waals surface area (Å²) in [6, 6.07) is 11.0. The number of nitrogens with zero attached hydrogens (tertiary/aromatic N) is 2. The zero-order valence-corrected chi connectivity index (χ0v) is 13.2. The fourth-order valence-electron chi connectivity index (χ4n) is 2.11. The summed E-state index contributed by atoms with van der Waals surface area (Å²) in [6.07, 6.45) is 5.99. The number of rotatable bonds is 6. The van der Waals surface area contributed by atoms with Crippen molar-refractivity contribution in [2.45, 2.75) is 43.7 Å². The predicted molar refractivity (Wildman–Crippen MR) is 86.1 cm³/mol.